The molecule has 0 radical (unpaired) electrons. The fourth-order valence-corrected chi connectivity index (χ4v) is 3.58. The van der Waals surface area contributed by atoms with E-state index in [2.05, 4.69) is 41.3 Å². The Bertz CT molecular complexity index is 962. The summed E-state index contributed by atoms with van der Waals surface area (Å²) >= 11 is 0. The number of benzene rings is 3. The van der Waals surface area contributed by atoms with Crippen LogP contribution < -0.4 is 5.48 Å². The number of carbonyl (C=O) groups is 1. The number of nitrogens with one attached hydrogen (secondary N) is 1. The molecule has 1 fully saturated rings. The third-order valence-corrected chi connectivity index (χ3v) is 5.24. The van der Waals surface area contributed by atoms with Gasteiger partial charge >= 0.3 is 0 Å². The second kappa shape index (κ2) is 9.01. The van der Waals surface area contributed by atoms with Gasteiger partial charge in [0.2, 0.25) is 0 Å². The van der Waals surface area contributed by atoms with Crippen molar-refractivity contribution in [3.05, 3.63) is 83.9 Å². The lowest BCUT2D eigenvalue weighted by molar-refractivity contribution is 0.0342. The standard InChI is InChI=1S/C24H24N2O3/c27-24(25-28)23-3-1-2-22(16-23)21-10-8-20(9-11-21)19-6-4-18(5-7-19)17-26-12-14-29-15-13-26/h1-11,16,28H,12-15,17H2,(H,25,27). The van der Waals surface area contributed by atoms with E-state index in [1.807, 2.05) is 18.2 Å². The van der Waals surface area contributed by atoms with Crippen LogP contribution in [0.25, 0.3) is 22.3 Å². The Hall–Kier alpha value is -2.99. The topological polar surface area (TPSA) is 61.8 Å². The van der Waals surface area contributed by atoms with Gasteiger partial charge in [-0.2, -0.15) is 0 Å². The van der Waals surface area contributed by atoms with Crippen LogP contribution in [-0.2, 0) is 11.3 Å². The van der Waals surface area contributed by atoms with Gasteiger partial charge in [0.05, 0.1) is 13.2 Å². The van der Waals surface area contributed by atoms with Crippen molar-refractivity contribution >= 4 is 5.91 Å². The number of hydrogen-bond acceptors (Lipinski definition) is 4. The maximum Gasteiger partial charge on any atom is 0.274 e. The molecule has 3 aromatic carbocycles. The van der Waals surface area contributed by atoms with Crippen molar-refractivity contribution in [1.29, 1.82) is 0 Å². The number of amides is 1. The first kappa shape index (κ1) is 19.3. The number of rotatable bonds is 5. The zero-order valence-corrected chi connectivity index (χ0v) is 16.2. The van der Waals surface area contributed by atoms with Crippen LogP contribution >= 0.6 is 0 Å². The Morgan fingerprint density at radius 1 is 0.862 bits per heavy atom. The van der Waals surface area contributed by atoms with Gasteiger partial charge in [-0.05, 0) is 39.9 Å². The molecule has 3 aromatic rings. The first-order valence-corrected chi connectivity index (χ1v) is 9.77. The summed E-state index contributed by atoms with van der Waals surface area (Å²) in [7, 11) is 0. The predicted molar refractivity (Wildman–Crippen MR) is 113 cm³/mol. The smallest absolute Gasteiger partial charge is 0.274 e. The number of carbonyl (C=O) groups excluding carboxylic acids is 1. The van der Waals surface area contributed by atoms with E-state index in [0.717, 1.165) is 49.5 Å². The fraction of sp³-hybridized carbons (Fsp3) is 0.208. The third-order valence-electron chi connectivity index (χ3n) is 5.24. The highest BCUT2D eigenvalue weighted by atomic mass is 16.5. The van der Waals surface area contributed by atoms with Crippen LogP contribution in [-0.4, -0.2) is 42.3 Å². The zero-order valence-electron chi connectivity index (χ0n) is 16.2. The molecular weight excluding hydrogens is 364 g/mol. The number of morpholine rings is 1. The maximum atomic E-state index is 11.6. The van der Waals surface area contributed by atoms with Crippen molar-refractivity contribution in [2.45, 2.75) is 6.54 Å². The molecule has 0 spiro atoms. The van der Waals surface area contributed by atoms with E-state index in [-0.39, 0.29) is 0 Å². The van der Waals surface area contributed by atoms with Crippen LogP contribution in [0.2, 0.25) is 0 Å². The summed E-state index contributed by atoms with van der Waals surface area (Å²) in [6.45, 7) is 4.57. The predicted octanol–water partition coefficient (Wildman–Crippen LogP) is 3.97. The molecule has 0 bridgehead atoms. The summed E-state index contributed by atoms with van der Waals surface area (Å²) in [6, 6.07) is 24.2. The summed E-state index contributed by atoms with van der Waals surface area (Å²) < 4.78 is 5.41. The summed E-state index contributed by atoms with van der Waals surface area (Å²) in [6.07, 6.45) is 0. The second-order valence-corrected chi connectivity index (χ2v) is 7.18. The third kappa shape index (κ3) is 4.71. The molecular formula is C24H24N2O3. The van der Waals surface area contributed by atoms with Crippen molar-refractivity contribution in [3.63, 3.8) is 0 Å². The Balaban J connectivity index is 1.47. The summed E-state index contributed by atoms with van der Waals surface area (Å²) in [4.78, 5) is 14.0. The highest BCUT2D eigenvalue weighted by Crippen LogP contribution is 2.26. The molecule has 4 rings (SSSR count). The Kier molecular flexibility index (Phi) is 6.00. The number of nitrogens with zero attached hydrogens (tertiary/aromatic N) is 1. The van der Waals surface area contributed by atoms with E-state index in [1.165, 1.54) is 11.1 Å². The lowest BCUT2D eigenvalue weighted by Crippen LogP contribution is -2.35. The van der Waals surface area contributed by atoms with E-state index >= 15 is 0 Å². The largest absolute Gasteiger partial charge is 0.379 e. The van der Waals surface area contributed by atoms with Crippen LogP contribution in [0.5, 0.6) is 0 Å². The van der Waals surface area contributed by atoms with Crippen LogP contribution in [0.1, 0.15) is 15.9 Å². The number of hydrogen-bond donors (Lipinski definition) is 2. The van der Waals surface area contributed by atoms with Gasteiger partial charge in [0.15, 0.2) is 0 Å². The van der Waals surface area contributed by atoms with Gasteiger partial charge in [-0.3, -0.25) is 14.9 Å². The second-order valence-electron chi connectivity index (χ2n) is 7.18. The molecule has 1 aliphatic rings. The quantitative estimate of drug-likeness (QED) is 0.513. The molecule has 0 aliphatic carbocycles. The van der Waals surface area contributed by atoms with Gasteiger partial charge in [0, 0.05) is 25.2 Å². The molecule has 1 amide bonds. The Morgan fingerprint density at radius 3 is 2.07 bits per heavy atom. The molecule has 1 aliphatic heterocycles. The Morgan fingerprint density at radius 2 is 1.45 bits per heavy atom. The molecule has 0 atom stereocenters. The van der Waals surface area contributed by atoms with Crippen LogP contribution in [0.4, 0.5) is 0 Å². The van der Waals surface area contributed by atoms with Crippen molar-refractivity contribution in [1.82, 2.24) is 10.4 Å². The monoisotopic (exact) mass is 388 g/mol. The van der Waals surface area contributed by atoms with Crippen molar-refractivity contribution in [2.24, 2.45) is 0 Å². The lowest BCUT2D eigenvalue weighted by atomic mass is 9.98. The molecule has 1 saturated heterocycles. The molecule has 0 unspecified atom stereocenters. The Labute approximate surface area is 170 Å². The lowest BCUT2D eigenvalue weighted by Gasteiger charge is -2.26. The number of ether oxygens (including phenoxy) is 1. The van der Waals surface area contributed by atoms with E-state index < -0.39 is 5.91 Å². The molecule has 0 aromatic heterocycles. The van der Waals surface area contributed by atoms with Gasteiger partial charge in [0.25, 0.3) is 5.91 Å². The fourth-order valence-electron chi connectivity index (χ4n) is 3.58. The van der Waals surface area contributed by atoms with E-state index in [0.29, 0.717) is 5.56 Å². The summed E-state index contributed by atoms with van der Waals surface area (Å²) in [5.74, 6) is -0.513. The van der Waals surface area contributed by atoms with Gasteiger partial charge < -0.3 is 4.74 Å². The van der Waals surface area contributed by atoms with Crippen molar-refractivity contribution in [3.8, 4) is 22.3 Å². The minimum absolute atomic E-state index is 0.421. The van der Waals surface area contributed by atoms with Crippen LogP contribution in [0, 0.1) is 0 Å². The molecule has 29 heavy (non-hydrogen) atoms. The highest BCUT2D eigenvalue weighted by Gasteiger charge is 2.11. The van der Waals surface area contributed by atoms with E-state index in [1.54, 1.807) is 23.7 Å². The molecule has 1 heterocycles. The van der Waals surface area contributed by atoms with Gasteiger partial charge in [-0.1, -0.05) is 60.7 Å². The van der Waals surface area contributed by atoms with Crippen LogP contribution in [0.3, 0.4) is 0 Å². The molecule has 5 nitrogen and oxygen atoms in total. The molecule has 148 valence electrons. The van der Waals surface area contributed by atoms with E-state index in [4.69, 9.17) is 9.94 Å². The van der Waals surface area contributed by atoms with Gasteiger partial charge in [0.1, 0.15) is 0 Å². The van der Waals surface area contributed by atoms with Crippen molar-refractivity contribution < 1.29 is 14.7 Å². The van der Waals surface area contributed by atoms with Gasteiger partial charge in [-0.25, -0.2) is 5.48 Å². The molecule has 0 saturated carbocycles. The summed E-state index contributed by atoms with van der Waals surface area (Å²) in [5, 5.41) is 8.82. The summed E-state index contributed by atoms with van der Waals surface area (Å²) in [5.41, 5.74) is 7.68. The molecule has 2 N–H and O–H groups in total. The minimum atomic E-state index is -0.513. The maximum absolute atomic E-state index is 11.6. The van der Waals surface area contributed by atoms with Crippen molar-refractivity contribution in [2.75, 3.05) is 26.3 Å². The SMILES string of the molecule is O=C(NO)c1cccc(-c2ccc(-c3ccc(CN4CCOCC4)cc3)cc2)c1. The minimum Gasteiger partial charge on any atom is -0.379 e. The molecule has 5 heteroatoms. The van der Waals surface area contributed by atoms with Gasteiger partial charge in [-0.15, -0.1) is 0 Å². The van der Waals surface area contributed by atoms with E-state index in [9.17, 15) is 4.79 Å². The number of hydroxylamine groups is 1. The average Bonchev–Trinajstić information content (AvgIpc) is 2.80. The zero-order chi connectivity index (χ0) is 20.1. The normalized spacial score (nSPS) is 14.5. The first-order chi connectivity index (χ1) is 14.2. The average molecular weight is 388 g/mol. The first-order valence-electron chi connectivity index (χ1n) is 9.77. The highest BCUT2D eigenvalue weighted by molar-refractivity contribution is 5.94. The van der Waals surface area contributed by atoms with Crippen LogP contribution in [0.15, 0.2) is 72.8 Å².